The Morgan fingerprint density at radius 1 is 1.09 bits per heavy atom. The molecule has 0 radical (unpaired) electrons. The van der Waals surface area contributed by atoms with Crippen LogP contribution in [-0.4, -0.2) is 101 Å². The van der Waals surface area contributed by atoms with Gasteiger partial charge in [-0.25, -0.2) is 0 Å². The van der Waals surface area contributed by atoms with Crippen molar-refractivity contribution in [1.82, 2.24) is 9.88 Å². The number of likely N-dealkylation sites (N-methyl/N-ethyl adjacent to an activating group) is 2. The van der Waals surface area contributed by atoms with Gasteiger partial charge in [0.2, 0.25) is 11.8 Å². The Morgan fingerprint density at radius 2 is 1.78 bits per heavy atom. The number of carbonyl (C=O) groups excluding carboxylic acids is 2. The first-order valence-corrected chi connectivity index (χ1v) is 10.8. The quantitative estimate of drug-likeness (QED) is 0.337. The van der Waals surface area contributed by atoms with Crippen LogP contribution in [0.5, 0.6) is 5.88 Å². The molecule has 1 saturated heterocycles. The van der Waals surface area contributed by atoms with Crippen molar-refractivity contribution in [2.75, 3.05) is 89.5 Å². The number of piperazine rings is 1. The molecule has 0 aromatic carbocycles. The summed E-state index contributed by atoms with van der Waals surface area (Å²) in [4.78, 5) is 32.0. The highest BCUT2D eigenvalue weighted by Crippen LogP contribution is 2.26. The molecule has 32 heavy (non-hydrogen) atoms. The highest BCUT2D eigenvalue weighted by molar-refractivity contribution is 5.79. The molecule has 1 aromatic heterocycles. The van der Waals surface area contributed by atoms with Gasteiger partial charge in [-0.05, 0) is 20.5 Å². The van der Waals surface area contributed by atoms with Crippen LogP contribution < -0.4 is 31.7 Å². The van der Waals surface area contributed by atoms with Gasteiger partial charge in [-0.2, -0.15) is 4.98 Å². The second-order valence-corrected chi connectivity index (χ2v) is 7.62. The number of Topliss-reactive ketones (excluding diaryl/α,β-unsaturated/α-hetero) is 1. The van der Waals surface area contributed by atoms with Crippen LogP contribution in [0.2, 0.25) is 0 Å². The van der Waals surface area contributed by atoms with Crippen molar-refractivity contribution < 1.29 is 19.1 Å². The van der Waals surface area contributed by atoms with Crippen LogP contribution in [-0.2, 0) is 14.3 Å². The summed E-state index contributed by atoms with van der Waals surface area (Å²) in [6, 6.07) is 3.89. The second kappa shape index (κ2) is 15.4. The standard InChI is InChI=1S/C17H30N6O3.C4H9NO/c1-21-4-6-23(7-5-21)14-11-16(22(2)13-15(19)24)20-17(12-14)26-10-9-25-8-3-18;1-4(6)2-3-5/h11-12H,3-10,13,18H2,1-2H3,(H2,19,24);2-3,5H2,1H3. The fraction of sp³-hybridized carbons (Fsp3) is 0.667. The van der Waals surface area contributed by atoms with Gasteiger partial charge in [0.1, 0.15) is 18.2 Å². The minimum absolute atomic E-state index is 0.0955. The van der Waals surface area contributed by atoms with E-state index >= 15 is 0 Å². The van der Waals surface area contributed by atoms with E-state index in [1.165, 1.54) is 6.92 Å². The molecule has 2 rings (SSSR count). The number of carbonyl (C=O) groups is 2. The van der Waals surface area contributed by atoms with Crippen LogP contribution in [0.1, 0.15) is 13.3 Å². The highest BCUT2D eigenvalue weighted by atomic mass is 16.5. The Labute approximate surface area is 190 Å². The maximum atomic E-state index is 11.2. The molecule has 2 heterocycles. The SMILES string of the molecule is CC(=O)CCN.CN1CCN(c2cc(OCCOCCN)nc(N(C)CC(N)=O)c2)CC1. The molecule has 1 aromatic rings. The zero-order valence-electron chi connectivity index (χ0n) is 19.6. The Morgan fingerprint density at radius 3 is 2.31 bits per heavy atom. The molecule has 1 fully saturated rings. The smallest absolute Gasteiger partial charge is 0.236 e. The zero-order valence-corrected chi connectivity index (χ0v) is 19.6. The number of rotatable bonds is 12. The van der Waals surface area contributed by atoms with Crippen molar-refractivity contribution in [3.05, 3.63) is 12.1 Å². The van der Waals surface area contributed by atoms with Gasteiger partial charge in [0.15, 0.2) is 0 Å². The fourth-order valence-corrected chi connectivity index (χ4v) is 2.90. The van der Waals surface area contributed by atoms with Crippen LogP contribution in [0.25, 0.3) is 0 Å². The van der Waals surface area contributed by atoms with E-state index in [9.17, 15) is 9.59 Å². The molecular weight excluding hydrogens is 414 g/mol. The number of pyridine rings is 1. The fourth-order valence-electron chi connectivity index (χ4n) is 2.90. The molecule has 11 nitrogen and oxygen atoms in total. The normalized spacial score (nSPS) is 13.8. The van der Waals surface area contributed by atoms with Gasteiger partial charge in [0, 0.05) is 64.0 Å². The molecule has 1 amide bonds. The summed E-state index contributed by atoms with van der Waals surface area (Å²) in [6.45, 7) is 7.79. The first kappa shape index (κ1) is 27.6. The summed E-state index contributed by atoms with van der Waals surface area (Å²) >= 11 is 0. The Bertz CT molecular complexity index is 697. The van der Waals surface area contributed by atoms with Gasteiger partial charge in [0.25, 0.3) is 0 Å². The van der Waals surface area contributed by atoms with E-state index in [4.69, 9.17) is 26.7 Å². The van der Waals surface area contributed by atoms with Crippen molar-refractivity contribution >= 4 is 23.2 Å². The number of hydrogen-bond acceptors (Lipinski definition) is 10. The van der Waals surface area contributed by atoms with E-state index in [1.54, 1.807) is 11.9 Å². The summed E-state index contributed by atoms with van der Waals surface area (Å²) in [5.41, 5.74) is 16.7. The second-order valence-electron chi connectivity index (χ2n) is 7.62. The molecule has 0 unspecified atom stereocenters. The molecule has 6 N–H and O–H groups in total. The number of amides is 1. The van der Waals surface area contributed by atoms with Gasteiger partial charge in [-0.1, -0.05) is 0 Å². The van der Waals surface area contributed by atoms with Gasteiger partial charge in [-0.3, -0.25) is 9.59 Å². The van der Waals surface area contributed by atoms with Crippen molar-refractivity contribution in [1.29, 1.82) is 0 Å². The summed E-state index contributed by atoms with van der Waals surface area (Å²) in [7, 11) is 3.90. The van der Waals surface area contributed by atoms with E-state index < -0.39 is 5.91 Å². The molecule has 0 spiro atoms. The Balaban J connectivity index is 0.000000751. The number of ketones is 1. The minimum atomic E-state index is -0.406. The maximum absolute atomic E-state index is 11.2. The Kier molecular flexibility index (Phi) is 13.2. The number of nitrogens with zero attached hydrogens (tertiary/aromatic N) is 4. The summed E-state index contributed by atoms with van der Waals surface area (Å²) < 4.78 is 11.1. The molecule has 0 atom stereocenters. The van der Waals surface area contributed by atoms with Crippen LogP contribution >= 0.6 is 0 Å². The van der Waals surface area contributed by atoms with E-state index in [0.717, 1.165) is 31.9 Å². The molecular formula is C21H39N7O4. The number of hydrogen-bond donors (Lipinski definition) is 3. The van der Waals surface area contributed by atoms with E-state index in [2.05, 4.69) is 21.8 Å². The van der Waals surface area contributed by atoms with Gasteiger partial charge in [0.05, 0.1) is 19.8 Å². The van der Waals surface area contributed by atoms with Crippen LogP contribution in [0.3, 0.4) is 0 Å². The van der Waals surface area contributed by atoms with Crippen molar-refractivity contribution in [2.24, 2.45) is 17.2 Å². The van der Waals surface area contributed by atoms with Crippen molar-refractivity contribution in [2.45, 2.75) is 13.3 Å². The predicted octanol–water partition coefficient (Wildman–Crippen LogP) is -0.967. The molecule has 0 saturated carbocycles. The maximum Gasteiger partial charge on any atom is 0.236 e. The third-order valence-corrected chi connectivity index (χ3v) is 4.66. The first-order valence-electron chi connectivity index (χ1n) is 10.8. The van der Waals surface area contributed by atoms with Gasteiger partial charge in [-0.15, -0.1) is 0 Å². The van der Waals surface area contributed by atoms with E-state index in [-0.39, 0.29) is 12.3 Å². The van der Waals surface area contributed by atoms with Crippen molar-refractivity contribution in [3.8, 4) is 5.88 Å². The third-order valence-electron chi connectivity index (χ3n) is 4.66. The van der Waals surface area contributed by atoms with Crippen molar-refractivity contribution in [3.63, 3.8) is 0 Å². The molecule has 11 heteroatoms. The number of ether oxygens (including phenoxy) is 2. The summed E-state index contributed by atoms with van der Waals surface area (Å²) in [5.74, 6) is 0.914. The van der Waals surface area contributed by atoms with Crippen LogP contribution in [0.4, 0.5) is 11.5 Å². The highest BCUT2D eigenvalue weighted by Gasteiger charge is 2.18. The van der Waals surface area contributed by atoms with E-state index in [1.807, 2.05) is 12.1 Å². The zero-order chi connectivity index (χ0) is 23.9. The monoisotopic (exact) mass is 453 g/mol. The molecule has 1 aliphatic heterocycles. The minimum Gasteiger partial charge on any atom is -0.475 e. The van der Waals surface area contributed by atoms with Crippen LogP contribution in [0, 0.1) is 0 Å². The van der Waals surface area contributed by atoms with Gasteiger partial charge >= 0.3 is 0 Å². The lowest BCUT2D eigenvalue weighted by Gasteiger charge is -2.34. The molecule has 1 aliphatic rings. The molecule has 0 bridgehead atoms. The van der Waals surface area contributed by atoms with Crippen LogP contribution in [0.15, 0.2) is 12.1 Å². The summed E-state index contributed by atoms with van der Waals surface area (Å²) in [6.07, 6.45) is 0.514. The number of anilines is 2. The third kappa shape index (κ3) is 11.2. The largest absolute Gasteiger partial charge is 0.475 e. The lowest BCUT2D eigenvalue weighted by atomic mass is 10.2. The lowest BCUT2D eigenvalue weighted by Crippen LogP contribution is -2.44. The molecule has 182 valence electrons. The predicted molar refractivity (Wildman–Crippen MR) is 126 cm³/mol. The average molecular weight is 454 g/mol. The average Bonchev–Trinajstić information content (AvgIpc) is 2.74. The number of aromatic nitrogens is 1. The lowest BCUT2D eigenvalue weighted by molar-refractivity contribution is -0.117. The van der Waals surface area contributed by atoms with Gasteiger partial charge < -0.3 is 41.4 Å². The number of primary amides is 1. The summed E-state index contributed by atoms with van der Waals surface area (Å²) in [5, 5.41) is 0. The Hall–Kier alpha value is -2.47. The number of nitrogens with two attached hydrogens (primary N) is 3. The van der Waals surface area contributed by atoms with E-state index in [0.29, 0.717) is 51.0 Å². The first-order chi connectivity index (χ1) is 15.3. The topological polar surface area (TPSA) is 153 Å². The molecule has 0 aliphatic carbocycles.